The molecule has 1 unspecified atom stereocenters. The fourth-order valence-electron chi connectivity index (χ4n) is 1.56. The van der Waals surface area contributed by atoms with Gasteiger partial charge in [-0.3, -0.25) is 4.39 Å². The third kappa shape index (κ3) is 4.70. The number of alkyl halides is 1. The van der Waals surface area contributed by atoms with Crippen LogP contribution in [0.4, 0.5) is 4.39 Å². The monoisotopic (exact) mass is 175 g/mol. The van der Waals surface area contributed by atoms with Crippen molar-refractivity contribution >= 4 is 0 Å². The van der Waals surface area contributed by atoms with Crippen LogP contribution < -0.4 is 5.32 Å². The highest BCUT2D eigenvalue weighted by Crippen LogP contribution is 2.12. The van der Waals surface area contributed by atoms with Gasteiger partial charge in [0.2, 0.25) is 0 Å². The standard InChI is InChI=1S/C10H22FN/c1-4-10(5-2)9(3)12-8-6-7-11/h9-10,12H,4-8H2,1-3H3. The molecule has 1 nitrogen and oxygen atoms in total. The Labute approximate surface area is 75.7 Å². The molecular weight excluding hydrogens is 153 g/mol. The topological polar surface area (TPSA) is 12.0 Å². The maximum atomic E-state index is 11.8. The van der Waals surface area contributed by atoms with E-state index in [1.807, 2.05) is 0 Å². The molecule has 0 aliphatic heterocycles. The number of rotatable bonds is 7. The summed E-state index contributed by atoms with van der Waals surface area (Å²) < 4.78 is 11.8. The molecule has 0 aromatic carbocycles. The summed E-state index contributed by atoms with van der Waals surface area (Å²) in [5.41, 5.74) is 0. The maximum Gasteiger partial charge on any atom is 0.0906 e. The van der Waals surface area contributed by atoms with Crippen molar-refractivity contribution in [1.29, 1.82) is 0 Å². The first kappa shape index (κ1) is 11.9. The lowest BCUT2D eigenvalue weighted by molar-refractivity contribution is 0.344. The van der Waals surface area contributed by atoms with E-state index in [2.05, 4.69) is 26.1 Å². The number of hydrogen-bond acceptors (Lipinski definition) is 1. The van der Waals surface area contributed by atoms with Crippen molar-refractivity contribution < 1.29 is 4.39 Å². The van der Waals surface area contributed by atoms with E-state index in [9.17, 15) is 4.39 Å². The molecule has 0 rings (SSSR count). The van der Waals surface area contributed by atoms with Crippen LogP contribution in [0.2, 0.25) is 0 Å². The van der Waals surface area contributed by atoms with Gasteiger partial charge in [0.25, 0.3) is 0 Å². The molecule has 0 spiro atoms. The highest BCUT2D eigenvalue weighted by atomic mass is 19.1. The molecule has 0 saturated heterocycles. The minimum Gasteiger partial charge on any atom is -0.314 e. The van der Waals surface area contributed by atoms with E-state index in [0.29, 0.717) is 12.5 Å². The molecule has 1 atom stereocenters. The van der Waals surface area contributed by atoms with E-state index in [-0.39, 0.29) is 6.67 Å². The lowest BCUT2D eigenvalue weighted by Gasteiger charge is -2.22. The van der Waals surface area contributed by atoms with Crippen LogP contribution in [0.5, 0.6) is 0 Å². The van der Waals surface area contributed by atoms with Crippen LogP contribution in [0.15, 0.2) is 0 Å². The zero-order valence-corrected chi connectivity index (χ0v) is 8.57. The van der Waals surface area contributed by atoms with Crippen molar-refractivity contribution in [3.63, 3.8) is 0 Å². The van der Waals surface area contributed by atoms with Gasteiger partial charge in [0.15, 0.2) is 0 Å². The molecule has 0 aliphatic rings. The van der Waals surface area contributed by atoms with Crippen molar-refractivity contribution in [1.82, 2.24) is 5.32 Å². The van der Waals surface area contributed by atoms with Gasteiger partial charge in [0.1, 0.15) is 0 Å². The minimum atomic E-state index is -0.206. The second-order valence-electron chi connectivity index (χ2n) is 3.36. The molecule has 12 heavy (non-hydrogen) atoms. The Bertz CT molecular complexity index is 91.8. The average Bonchev–Trinajstić information content (AvgIpc) is 2.07. The highest BCUT2D eigenvalue weighted by molar-refractivity contribution is 4.69. The second-order valence-corrected chi connectivity index (χ2v) is 3.36. The van der Waals surface area contributed by atoms with Gasteiger partial charge in [-0.25, -0.2) is 0 Å². The van der Waals surface area contributed by atoms with Gasteiger partial charge >= 0.3 is 0 Å². The van der Waals surface area contributed by atoms with Gasteiger partial charge in [-0.15, -0.1) is 0 Å². The van der Waals surface area contributed by atoms with Gasteiger partial charge in [-0.1, -0.05) is 26.7 Å². The molecule has 0 aromatic heterocycles. The third-order valence-electron chi connectivity index (χ3n) is 2.53. The highest BCUT2D eigenvalue weighted by Gasteiger charge is 2.11. The summed E-state index contributed by atoms with van der Waals surface area (Å²) in [4.78, 5) is 0. The summed E-state index contributed by atoms with van der Waals surface area (Å²) in [6.07, 6.45) is 3.06. The summed E-state index contributed by atoms with van der Waals surface area (Å²) in [6, 6.07) is 0.534. The lowest BCUT2D eigenvalue weighted by atomic mass is 9.95. The first-order valence-electron chi connectivity index (χ1n) is 5.05. The quantitative estimate of drug-likeness (QED) is 0.587. The van der Waals surface area contributed by atoms with Gasteiger partial charge in [0, 0.05) is 6.04 Å². The third-order valence-corrected chi connectivity index (χ3v) is 2.53. The summed E-state index contributed by atoms with van der Waals surface area (Å²) in [7, 11) is 0. The Hall–Kier alpha value is -0.110. The lowest BCUT2D eigenvalue weighted by Crippen LogP contribution is -2.33. The molecule has 0 radical (unpaired) electrons. The number of nitrogens with one attached hydrogen (secondary N) is 1. The maximum absolute atomic E-state index is 11.8. The van der Waals surface area contributed by atoms with Crippen molar-refractivity contribution in [3.05, 3.63) is 0 Å². The molecule has 0 amide bonds. The van der Waals surface area contributed by atoms with Crippen LogP contribution >= 0.6 is 0 Å². The largest absolute Gasteiger partial charge is 0.314 e. The van der Waals surface area contributed by atoms with E-state index in [1.54, 1.807) is 0 Å². The smallest absolute Gasteiger partial charge is 0.0906 e. The zero-order chi connectivity index (χ0) is 9.40. The van der Waals surface area contributed by atoms with Crippen molar-refractivity contribution in [2.75, 3.05) is 13.2 Å². The molecule has 0 aromatic rings. The summed E-state index contributed by atoms with van der Waals surface area (Å²) in [6.45, 7) is 7.22. The van der Waals surface area contributed by atoms with E-state index in [4.69, 9.17) is 0 Å². The van der Waals surface area contributed by atoms with E-state index in [0.717, 1.165) is 12.5 Å². The molecule has 0 fully saturated rings. The SMILES string of the molecule is CCC(CC)C(C)NCCCF. The van der Waals surface area contributed by atoms with Crippen LogP contribution in [-0.2, 0) is 0 Å². The molecule has 1 N–H and O–H groups in total. The first-order valence-corrected chi connectivity index (χ1v) is 5.05. The Balaban J connectivity index is 3.47. The van der Waals surface area contributed by atoms with Crippen LogP contribution in [0.3, 0.4) is 0 Å². The van der Waals surface area contributed by atoms with E-state index < -0.39 is 0 Å². The molecule has 74 valence electrons. The summed E-state index contributed by atoms with van der Waals surface area (Å²) in [5.74, 6) is 0.740. The Morgan fingerprint density at radius 1 is 1.25 bits per heavy atom. The number of hydrogen-bond donors (Lipinski definition) is 1. The molecule has 0 bridgehead atoms. The fraction of sp³-hybridized carbons (Fsp3) is 1.00. The summed E-state index contributed by atoms with van der Waals surface area (Å²) in [5, 5.41) is 3.35. The predicted octanol–water partition coefficient (Wildman–Crippen LogP) is 2.76. The van der Waals surface area contributed by atoms with Crippen molar-refractivity contribution in [3.8, 4) is 0 Å². The minimum absolute atomic E-state index is 0.206. The predicted molar refractivity (Wildman–Crippen MR) is 52.1 cm³/mol. The molecule has 0 heterocycles. The molecule has 2 heteroatoms. The summed E-state index contributed by atoms with van der Waals surface area (Å²) >= 11 is 0. The molecular formula is C10H22FN. The zero-order valence-electron chi connectivity index (χ0n) is 8.57. The number of halogens is 1. The van der Waals surface area contributed by atoms with Crippen LogP contribution in [-0.4, -0.2) is 19.3 Å². The van der Waals surface area contributed by atoms with Crippen LogP contribution in [0, 0.1) is 5.92 Å². The average molecular weight is 175 g/mol. The Morgan fingerprint density at radius 2 is 1.83 bits per heavy atom. The molecule has 0 aliphatic carbocycles. The fourth-order valence-corrected chi connectivity index (χ4v) is 1.56. The second kappa shape index (κ2) is 7.53. The van der Waals surface area contributed by atoms with Gasteiger partial charge < -0.3 is 5.32 Å². The van der Waals surface area contributed by atoms with E-state index in [1.165, 1.54) is 12.8 Å². The normalized spacial score (nSPS) is 13.8. The van der Waals surface area contributed by atoms with Crippen LogP contribution in [0.1, 0.15) is 40.0 Å². The van der Waals surface area contributed by atoms with Crippen molar-refractivity contribution in [2.24, 2.45) is 5.92 Å². The van der Waals surface area contributed by atoms with E-state index >= 15 is 0 Å². The van der Waals surface area contributed by atoms with Gasteiger partial charge in [-0.05, 0) is 25.8 Å². The Kier molecular flexibility index (Phi) is 7.47. The first-order chi connectivity index (χ1) is 5.76. The van der Waals surface area contributed by atoms with Crippen LogP contribution in [0.25, 0.3) is 0 Å². The van der Waals surface area contributed by atoms with Gasteiger partial charge in [0.05, 0.1) is 6.67 Å². The molecule has 0 saturated carbocycles. The van der Waals surface area contributed by atoms with Gasteiger partial charge in [-0.2, -0.15) is 0 Å². The van der Waals surface area contributed by atoms with Crippen molar-refractivity contribution in [2.45, 2.75) is 46.1 Å². The Morgan fingerprint density at radius 3 is 2.25 bits per heavy atom.